The Hall–Kier alpha value is -0.940. The SMILES string of the molecule is CCCC1(O)CN(C(=O)c2ccc(Br)cc2F)C1. The summed E-state index contributed by atoms with van der Waals surface area (Å²) in [4.78, 5) is 13.5. The van der Waals surface area contributed by atoms with E-state index in [1.807, 2.05) is 6.92 Å². The summed E-state index contributed by atoms with van der Waals surface area (Å²) in [6, 6.07) is 4.36. The van der Waals surface area contributed by atoms with Gasteiger partial charge in [-0.05, 0) is 24.6 Å². The van der Waals surface area contributed by atoms with Crippen molar-refractivity contribution in [2.45, 2.75) is 25.4 Å². The average molecular weight is 316 g/mol. The number of nitrogens with zero attached hydrogens (tertiary/aromatic N) is 1. The third kappa shape index (κ3) is 2.57. The van der Waals surface area contributed by atoms with Gasteiger partial charge in [0.1, 0.15) is 5.82 Å². The molecule has 1 aliphatic heterocycles. The molecule has 1 heterocycles. The molecule has 0 spiro atoms. The number of hydrogen-bond donors (Lipinski definition) is 1. The fraction of sp³-hybridized carbons (Fsp3) is 0.462. The molecular weight excluding hydrogens is 301 g/mol. The van der Waals surface area contributed by atoms with E-state index in [9.17, 15) is 14.3 Å². The molecule has 0 radical (unpaired) electrons. The number of halogens is 2. The number of hydrogen-bond acceptors (Lipinski definition) is 2. The van der Waals surface area contributed by atoms with Crippen LogP contribution in [0.5, 0.6) is 0 Å². The van der Waals surface area contributed by atoms with E-state index in [0.29, 0.717) is 10.9 Å². The van der Waals surface area contributed by atoms with Crippen LogP contribution in [0, 0.1) is 5.82 Å². The van der Waals surface area contributed by atoms with Crippen molar-refractivity contribution in [2.75, 3.05) is 13.1 Å². The molecule has 5 heteroatoms. The van der Waals surface area contributed by atoms with E-state index in [1.165, 1.54) is 17.0 Å². The summed E-state index contributed by atoms with van der Waals surface area (Å²) in [5.74, 6) is -0.902. The number of amides is 1. The lowest BCUT2D eigenvalue weighted by atomic mass is 9.88. The van der Waals surface area contributed by atoms with Gasteiger partial charge in [-0.2, -0.15) is 0 Å². The van der Waals surface area contributed by atoms with Crippen LogP contribution in [0.3, 0.4) is 0 Å². The van der Waals surface area contributed by atoms with Gasteiger partial charge < -0.3 is 10.0 Å². The molecule has 1 amide bonds. The largest absolute Gasteiger partial charge is 0.386 e. The van der Waals surface area contributed by atoms with Crippen molar-refractivity contribution in [3.05, 3.63) is 34.1 Å². The molecule has 0 bridgehead atoms. The van der Waals surface area contributed by atoms with Gasteiger partial charge >= 0.3 is 0 Å². The maximum Gasteiger partial charge on any atom is 0.257 e. The average Bonchev–Trinajstić information content (AvgIpc) is 2.25. The van der Waals surface area contributed by atoms with Crippen LogP contribution in [0.2, 0.25) is 0 Å². The Morgan fingerprint density at radius 3 is 2.78 bits per heavy atom. The zero-order valence-electron chi connectivity index (χ0n) is 10.1. The van der Waals surface area contributed by atoms with E-state index in [2.05, 4.69) is 15.9 Å². The predicted molar refractivity (Wildman–Crippen MR) is 69.9 cm³/mol. The van der Waals surface area contributed by atoms with Crippen molar-refractivity contribution in [3.8, 4) is 0 Å². The van der Waals surface area contributed by atoms with Crippen LogP contribution in [-0.2, 0) is 0 Å². The van der Waals surface area contributed by atoms with Crippen LogP contribution >= 0.6 is 15.9 Å². The summed E-state index contributed by atoms with van der Waals surface area (Å²) < 4.78 is 14.2. The van der Waals surface area contributed by atoms with Gasteiger partial charge in [-0.3, -0.25) is 4.79 Å². The first-order valence-electron chi connectivity index (χ1n) is 5.92. The van der Waals surface area contributed by atoms with Crippen LogP contribution in [0.15, 0.2) is 22.7 Å². The molecule has 1 N–H and O–H groups in total. The highest BCUT2D eigenvalue weighted by molar-refractivity contribution is 9.10. The monoisotopic (exact) mass is 315 g/mol. The van der Waals surface area contributed by atoms with Crippen molar-refractivity contribution in [3.63, 3.8) is 0 Å². The molecule has 1 saturated heterocycles. The van der Waals surface area contributed by atoms with Gasteiger partial charge in [0.25, 0.3) is 5.91 Å². The second kappa shape index (κ2) is 4.97. The molecule has 1 aromatic rings. The first kappa shape index (κ1) is 13.5. The molecule has 1 aromatic carbocycles. The first-order chi connectivity index (χ1) is 8.45. The summed E-state index contributed by atoms with van der Waals surface area (Å²) in [6.07, 6.45) is 1.53. The van der Waals surface area contributed by atoms with E-state index in [0.717, 1.165) is 6.42 Å². The maximum absolute atomic E-state index is 13.6. The van der Waals surface area contributed by atoms with Crippen LogP contribution < -0.4 is 0 Å². The lowest BCUT2D eigenvalue weighted by molar-refractivity contribution is -0.0861. The Bertz CT molecular complexity index is 472. The zero-order chi connectivity index (χ0) is 13.3. The van der Waals surface area contributed by atoms with Crippen LogP contribution in [0.25, 0.3) is 0 Å². The molecule has 2 rings (SSSR count). The molecule has 0 aliphatic carbocycles. The normalized spacial score (nSPS) is 17.4. The number of likely N-dealkylation sites (tertiary alicyclic amines) is 1. The minimum absolute atomic E-state index is 0.0525. The molecule has 1 aliphatic rings. The lowest BCUT2D eigenvalue weighted by Gasteiger charge is -2.46. The fourth-order valence-electron chi connectivity index (χ4n) is 2.26. The quantitative estimate of drug-likeness (QED) is 0.931. The maximum atomic E-state index is 13.6. The number of β-amino-alcohol motifs (C(OH)–C–C–N with tert-alkyl or cyclic N) is 1. The molecule has 0 atom stereocenters. The number of carbonyl (C=O) groups is 1. The van der Waals surface area contributed by atoms with Crippen LogP contribution in [0.1, 0.15) is 30.1 Å². The van der Waals surface area contributed by atoms with Crippen molar-refractivity contribution < 1.29 is 14.3 Å². The molecule has 0 aromatic heterocycles. The third-order valence-electron chi connectivity index (χ3n) is 3.13. The highest BCUT2D eigenvalue weighted by atomic mass is 79.9. The Morgan fingerprint density at radius 2 is 2.22 bits per heavy atom. The summed E-state index contributed by atoms with van der Waals surface area (Å²) in [6.45, 7) is 2.56. The highest BCUT2D eigenvalue weighted by Crippen LogP contribution is 2.28. The van der Waals surface area contributed by atoms with Gasteiger partial charge in [-0.1, -0.05) is 29.3 Å². The van der Waals surface area contributed by atoms with E-state index in [-0.39, 0.29) is 24.6 Å². The van der Waals surface area contributed by atoms with Gasteiger partial charge in [-0.15, -0.1) is 0 Å². The van der Waals surface area contributed by atoms with Gasteiger partial charge in [0.05, 0.1) is 24.3 Å². The molecule has 0 saturated carbocycles. The van der Waals surface area contributed by atoms with Crippen LogP contribution in [0.4, 0.5) is 4.39 Å². The van der Waals surface area contributed by atoms with Crippen molar-refractivity contribution >= 4 is 21.8 Å². The number of carbonyl (C=O) groups excluding carboxylic acids is 1. The first-order valence-corrected chi connectivity index (χ1v) is 6.71. The molecule has 1 fully saturated rings. The van der Waals surface area contributed by atoms with Gasteiger partial charge in [-0.25, -0.2) is 4.39 Å². The molecule has 18 heavy (non-hydrogen) atoms. The van der Waals surface area contributed by atoms with E-state index >= 15 is 0 Å². The second-order valence-corrected chi connectivity index (χ2v) is 5.68. The standard InChI is InChI=1S/C13H15BrFNO2/c1-2-5-13(18)7-16(8-13)12(17)10-4-3-9(14)6-11(10)15/h3-4,6,18H,2,5,7-8H2,1H3. The zero-order valence-corrected chi connectivity index (χ0v) is 11.7. The summed E-state index contributed by atoms with van der Waals surface area (Å²) in [5, 5.41) is 9.99. The molecular formula is C13H15BrFNO2. The van der Waals surface area contributed by atoms with Crippen molar-refractivity contribution in [1.29, 1.82) is 0 Å². The van der Waals surface area contributed by atoms with E-state index in [1.54, 1.807) is 6.07 Å². The minimum atomic E-state index is -0.781. The Labute approximate surface area is 114 Å². The minimum Gasteiger partial charge on any atom is -0.386 e. The lowest BCUT2D eigenvalue weighted by Crippen LogP contribution is -2.63. The predicted octanol–water partition coefficient (Wildman–Crippen LogP) is 2.58. The molecule has 98 valence electrons. The van der Waals surface area contributed by atoms with Gasteiger partial charge in [0, 0.05) is 4.47 Å². The number of benzene rings is 1. The molecule has 0 unspecified atom stereocenters. The van der Waals surface area contributed by atoms with E-state index in [4.69, 9.17) is 0 Å². The Morgan fingerprint density at radius 1 is 1.56 bits per heavy atom. The third-order valence-corrected chi connectivity index (χ3v) is 3.63. The second-order valence-electron chi connectivity index (χ2n) is 4.76. The van der Waals surface area contributed by atoms with E-state index < -0.39 is 11.4 Å². The van der Waals surface area contributed by atoms with Gasteiger partial charge in [0.2, 0.25) is 0 Å². The molecule has 3 nitrogen and oxygen atoms in total. The Kier molecular flexibility index (Phi) is 3.73. The Balaban J connectivity index is 2.06. The number of aliphatic hydroxyl groups is 1. The summed E-state index contributed by atoms with van der Waals surface area (Å²) >= 11 is 3.15. The smallest absolute Gasteiger partial charge is 0.257 e. The fourth-order valence-corrected chi connectivity index (χ4v) is 2.60. The topological polar surface area (TPSA) is 40.5 Å². The number of rotatable bonds is 3. The highest BCUT2D eigenvalue weighted by Gasteiger charge is 2.43. The summed E-state index contributed by atoms with van der Waals surface area (Å²) in [7, 11) is 0. The van der Waals surface area contributed by atoms with Crippen LogP contribution in [-0.4, -0.2) is 34.6 Å². The summed E-state index contributed by atoms with van der Waals surface area (Å²) in [5.41, 5.74) is -0.729. The van der Waals surface area contributed by atoms with Gasteiger partial charge in [0.15, 0.2) is 0 Å². The van der Waals surface area contributed by atoms with Crippen molar-refractivity contribution in [2.24, 2.45) is 0 Å². The van der Waals surface area contributed by atoms with Crippen molar-refractivity contribution in [1.82, 2.24) is 4.90 Å².